The molecule has 5 nitrogen and oxygen atoms in total. The van der Waals surface area contributed by atoms with Crippen molar-refractivity contribution < 1.29 is 18.7 Å². The zero-order valence-electron chi connectivity index (χ0n) is 14.6. The normalized spacial score (nSPS) is 26.9. The fourth-order valence-corrected chi connectivity index (χ4v) is 3.89. The van der Waals surface area contributed by atoms with Crippen LogP contribution in [0.3, 0.4) is 0 Å². The number of aromatic nitrogens is 1. The van der Waals surface area contributed by atoms with E-state index in [1.807, 2.05) is 6.07 Å². The highest BCUT2D eigenvalue weighted by molar-refractivity contribution is 5.81. The molecule has 0 spiro atoms. The molecule has 1 aliphatic carbocycles. The van der Waals surface area contributed by atoms with Crippen molar-refractivity contribution in [1.29, 1.82) is 0 Å². The number of halogens is 2. The van der Waals surface area contributed by atoms with E-state index >= 15 is 0 Å². The van der Waals surface area contributed by atoms with Crippen molar-refractivity contribution in [2.24, 2.45) is 5.73 Å². The molecule has 4 atom stereocenters. The van der Waals surface area contributed by atoms with Crippen LogP contribution in [-0.4, -0.2) is 45.8 Å². The van der Waals surface area contributed by atoms with Gasteiger partial charge in [-0.05, 0) is 30.4 Å². The molecule has 1 saturated carbocycles. The summed E-state index contributed by atoms with van der Waals surface area (Å²) in [4.78, 5) is 17.5. The summed E-state index contributed by atoms with van der Waals surface area (Å²) in [6.07, 6.45) is -1.24. The van der Waals surface area contributed by atoms with E-state index in [1.54, 1.807) is 36.4 Å². The Balaban J connectivity index is 1.78. The fourth-order valence-electron chi connectivity index (χ4n) is 3.89. The van der Waals surface area contributed by atoms with E-state index in [0.717, 1.165) is 18.4 Å². The van der Waals surface area contributed by atoms with E-state index < -0.39 is 36.2 Å². The highest BCUT2D eigenvalue weighted by Crippen LogP contribution is 2.42. The third-order valence-corrected chi connectivity index (χ3v) is 5.37. The number of benzene rings is 1. The summed E-state index contributed by atoms with van der Waals surface area (Å²) >= 11 is 0. The van der Waals surface area contributed by atoms with Crippen molar-refractivity contribution in [2.45, 2.75) is 43.1 Å². The number of carbonyl (C=O) groups is 1. The Morgan fingerprint density at radius 1 is 1.22 bits per heavy atom. The number of carbonyl (C=O) groups excluding carboxylic acids is 1. The molecule has 27 heavy (non-hydrogen) atoms. The molecule has 1 aliphatic heterocycles. The molecule has 1 aromatic heterocycles. The van der Waals surface area contributed by atoms with Crippen molar-refractivity contribution in [2.75, 3.05) is 6.54 Å². The number of amides is 1. The summed E-state index contributed by atoms with van der Waals surface area (Å²) in [5.74, 6) is -1.15. The molecule has 2 aromatic rings. The lowest BCUT2D eigenvalue weighted by Crippen LogP contribution is -2.47. The number of pyridine rings is 1. The van der Waals surface area contributed by atoms with Crippen LogP contribution in [0.4, 0.5) is 8.78 Å². The van der Waals surface area contributed by atoms with Gasteiger partial charge in [0.2, 0.25) is 11.9 Å². The van der Waals surface area contributed by atoms with Gasteiger partial charge in [0, 0.05) is 12.1 Å². The number of aliphatic hydroxyl groups is 1. The van der Waals surface area contributed by atoms with Crippen LogP contribution >= 0.6 is 0 Å². The molecule has 4 rings (SSSR count). The first-order valence-corrected chi connectivity index (χ1v) is 9.06. The van der Waals surface area contributed by atoms with Gasteiger partial charge in [0.1, 0.15) is 18.3 Å². The van der Waals surface area contributed by atoms with Crippen molar-refractivity contribution in [1.82, 2.24) is 9.88 Å². The molecule has 142 valence electrons. The zero-order valence-corrected chi connectivity index (χ0v) is 14.6. The van der Waals surface area contributed by atoms with E-state index in [4.69, 9.17) is 5.73 Å². The largest absolute Gasteiger partial charge is 0.388 e. The standard InChI is InChI=1S/C20H21F2N3O2/c21-14-10-25(17(18(14)26)20(23)27)16(12-4-2-1-3-5-12)15-9-8-13(11-6-7-11)19(22)24-15/h1-5,8-9,11,14,16-18,26H,6-7,10H2,(H2,23,27)/t14?,16-,17?,18?/m0/s1. The van der Waals surface area contributed by atoms with Crippen LogP contribution in [0.5, 0.6) is 0 Å². The number of alkyl halides is 1. The minimum absolute atomic E-state index is 0.192. The second kappa shape index (κ2) is 6.98. The Morgan fingerprint density at radius 2 is 1.93 bits per heavy atom. The molecular weight excluding hydrogens is 352 g/mol. The number of nitrogens with zero attached hydrogens (tertiary/aromatic N) is 2. The molecule has 0 bridgehead atoms. The maximum atomic E-state index is 14.6. The first-order chi connectivity index (χ1) is 13.0. The Hall–Kier alpha value is -2.38. The summed E-state index contributed by atoms with van der Waals surface area (Å²) in [5, 5.41) is 10.1. The Morgan fingerprint density at radius 3 is 2.52 bits per heavy atom. The first-order valence-electron chi connectivity index (χ1n) is 9.06. The van der Waals surface area contributed by atoms with Crippen molar-refractivity contribution in [3.63, 3.8) is 0 Å². The second-order valence-corrected chi connectivity index (χ2v) is 7.25. The van der Waals surface area contributed by atoms with Gasteiger partial charge in [-0.25, -0.2) is 9.37 Å². The quantitative estimate of drug-likeness (QED) is 0.787. The summed E-state index contributed by atoms with van der Waals surface area (Å²) < 4.78 is 28.8. The van der Waals surface area contributed by atoms with Crippen LogP contribution in [0.25, 0.3) is 0 Å². The van der Waals surface area contributed by atoms with E-state index in [0.29, 0.717) is 11.3 Å². The number of hydrogen-bond donors (Lipinski definition) is 2. The molecule has 1 amide bonds. The molecule has 1 aromatic carbocycles. The molecule has 2 heterocycles. The molecular formula is C20H21F2N3O2. The van der Waals surface area contributed by atoms with Crippen LogP contribution < -0.4 is 5.73 Å². The Bertz CT molecular complexity index is 844. The SMILES string of the molecule is NC(=O)C1C(O)C(F)CN1[C@@H](c1ccccc1)c1ccc(C2CC2)c(F)n1. The van der Waals surface area contributed by atoms with Gasteiger partial charge in [0.15, 0.2) is 0 Å². The van der Waals surface area contributed by atoms with E-state index in [-0.39, 0.29) is 12.5 Å². The first kappa shape index (κ1) is 18.0. The van der Waals surface area contributed by atoms with Crippen molar-refractivity contribution in [3.05, 3.63) is 65.2 Å². The number of hydrogen-bond acceptors (Lipinski definition) is 4. The van der Waals surface area contributed by atoms with Crippen LogP contribution in [0.15, 0.2) is 42.5 Å². The molecule has 1 saturated heterocycles. The summed E-state index contributed by atoms with van der Waals surface area (Å²) in [5.41, 5.74) is 7.10. The average Bonchev–Trinajstić information content (AvgIpc) is 3.43. The van der Waals surface area contributed by atoms with Gasteiger partial charge in [-0.15, -0.1) is 0 Å². The van der Waals surface area contributed by atoms with Crippen molar-refractivity contribution >= 4 is 5.91 Å². The third-order valence-electron chi connectivity index (χ3n) is 5.37. The monoisotopic (exact) mass is 373 g/mol. The number of nitrogens with two attached hydrogens (primary N) is 1. The van der Waals surface area contributed by atoms with E-state index in [1.165, 1.54) is 4.90 Å². The summed E-state index contributed by atoms with van der Waals surface area (Å²) in [6, 6.07) is 10.6. The van der Waals surface area contributed by atoms with Gasteiger partial charge in [0.25, 0.3) is 0 Å². The van der Waals surface area contributed by atoms with Gasteiger partial charge in [-0.2, -0.15) is 4.39 Å². The van der Waals surface area contributed by atoms with Crippen LogP contribution in [0.1, 0.15) is 41.6 Å². The Kier molecular flexibility index (Phi) is 4.65. The minimum atomic E-state index is -1.62. The summed E-state index contributed by atoms with van der Waals surface area (Å²) in [6.45, 7) is -0.192. The maximum absolute atomic E-state index is 14.6. The van der Waals surface area contributed by atoms with Crippen LogP contribution in [0, 0.1) is 5.95 Å². The van der Waals surface area contributed by atoms with Crippen LogP contribution in [0.2, 0.25) is 0 Å². The van der Waals surface area contributed by atoms with Gasteiger partial charge in [-0.3, -0.25) is 9.69 Å². The lowest BCUT2D eigenvalue weighted by molar-refractivity contribution is -0.125. The zero-order chi connectivity index (χ0) is 19.1. The predicted molar refractivity (Wildman–Crippen MR) is 95.0 cm³/mol. The molecule has 2 aliphatic rings. The predicted octanol–water partition coefficient (Wildman–Crippen LogP) is 2.06. The fraction of sp³-hybridized carbons (Fsp3) is 0.400. The van der Waals surface area contributed by atoms with Crippen molar-refractivity contribution in [3.8, 4) is 0 Å². The highest BCUT2D eigenvalue weighted by Gasteiger charge is 2.48. The van der Waals surface area contributed by atoms with Gasteiger partial charge in [0.05, 0.1) is 11.7 Å². The number of likely N-dealkylation sites (tertiary alicyclic amines) is 1. The average molecular weight is 373 g/mol. The smallest absolute Gasteiger partial charge is 0.237 e. The number of rotatable bonds is 5. The number of primary amides is 1. The molecule has 3 unspecified atom stereocenters. The van der Waals surface area contributed by atoms with Crippen LogP contribution in [-0.2, 0) is 4.79 Å². The highest BCUT2D eigenvalue weighted by atomic mass is 19.1. The molecule has 3 N–H and O–H groups in total. The third kappa shape index (κ3) is 3.33. The van der Waals surface area contributed by atoms with E-state index in [9.17, 15) is 18.7 Å². The lowest BCUT2D eigenvalue weighted by atomic mass is 9.99. The Labute approximate surface area is 155 Å². The minimum Gasteiger partial charge on any atom is -0.388 e. The second-order valence-electron chi connectivity index (χ2n) is 7.25. The lowest BCUT2D eigenvalue weighted by Gasteiger charge is -2.32. The molecule has 0 radical (unpaired) electrons. The number of aliphatic hydroxyl groups excluding tert-OH is 1. The van der Waals surface area contributed by atoms with Gasteiger partial charge < -0.3 is 10.8 Å². The van der Waals surface area contributed by atoms with Gasteiger partial charge in [-0.1, -0.05) is 36.4 Å². The van der Waals surface area contributed by atoms with Gasteiger partial charge >= 0.3 is 0 Å². The topological polar surface area (TPSA) is 79.5 Å². The maximum Gasteiger partial charge on any atom is 0.237 e. The molecule has 7 heteroatoms. The van der Waals surface area contributed by atoms with E-state index in [2.05, 4.69) is 4.98 Å². The molecule has 2 fully saturated rings. The summed E-state index contributed by atoms with van der Waals surface area (Å²) in [7, 11) is 0.